The zero-order valence-corrected chi connectivity index (χ0v) is 27.2. The van der Waals surface area contributed by atoms with Crippen LogP contribution in [-0.2, 0) is 27.8 Å². The molecule has 46 heavy (non-hydrogen) atoms. The van der Waals surface area contributed by atoms with Gasteiger partial charge in [-0.15, -0.1) is 0 Å². The van der Waals surface area contributed by atoms with Crippen molar-refractivity contribution in [2.75, 3.05) is 39.8 Å². The Labute approximate surface area is 267 Å². The summed E-state index contributed by atoms with van der Waals surface area (Å²) in [6.07, 6.45) is -3.93. The minimum absolute atomic E-state index is 0.0582. The van der Waals surface area contributed by atoms with Crippen molar-refractivity contribution in [1.82, 2.24) is 25.0 Å². The molecule has 2 fully saturated rings. The van der Waals surface area contributed by atoms with Gasteiger partial charge in [0.05, 0.1) is 23.4 Å². The molecule has 14 heteroatoms. The van der Waals surface area contributed by atoms with Gasteiger partial charge in [0.2, 0.25) is 17.7 Å². The van der Waals surface area contributed by atoms with Crippen LogP contribution in [0.2, 0.25) is 0 Å². The number of benzene rings is 1. The lowest BCUT2D eigenvalue weighted by Crippen LogP contribution is -2.56. The average Bonchev–Trinajstić information content (AvgIpc) is 3.61. The van der Waals surface area contributed by atoms with Crippen molar-refractivity contribution in [2.45, 2.75) is 83.8 Å². The van der Waals surface area contributed by atoms with Gasteiger partial charge in [0.15, 0.2) is 6.61 Å². The largest absolute Gasteiger partial charge is 0.483 e. The molecule has 254 valence electrons. The number of aliphatic hydroxyl groups excluding tert-OH is 1. The molecule has 0 saturated carbocycles. The molecule has 3 atom stereocenters. The van der Waals surface area contributed by atoms with E-state index in [2.05, 4.69) is 15.2 Å². The van der Waals surface area contributed by atoms with Crippen molar-refractivity contribution >= 4 is 17.7 Å². The molecule has 1 aromatic heterocycles. The minimum atomic E-state index is -4.74. The normalized spacial score (nSPS) is 20.2. The summed E-state index contributed by atoms with van der Waals surface area (Å²) in [6.45, 7) is 11.4. The van der Waals surface area contributed by atoms with E-state index in [4.69, 9.17) is 9.15 Å². The predicted octanol–water partition coefficient (Wildman–Crippen LogP) is 3.45. The van der Waals surface area contributed by atoms with Gasteiger partial charge in [0.25, 0.3) is 5.91 Å². The third kappa shape index (κ3) is 8.58. The van der Waals surface area contributed by atoms with E-state index in [1.54, 1.807) is 4.90 Å². The molecule has 0 radical (unpaired) electrons. The molecular formula is C32H44F3N5O6. The summed E-state index contributed by atoms with van der Waals surface area (Å²) in [6, 6.07) is 0.440. The lowest BCUT2D eigenvalue weighted by molar-refractivity contribution is -0.145. The van der Waals surface area contributed by atoms with Crippen LogP contribution in [0.5, 0.6) is 5.75 Å². The first kappa shape index (κ1) is 35.2. The number of alkyl halides is 3. The Kier molecular flexibility index (Phi) is 10.7. The number of likely N-dealkylation sites (N-methyl/N-ethyl adjacent to an activating group) is 1. The maximum atomic E-state index is 13.9. The molecule has 2 aromatic rings. The number of hydrogen-bond donors (Lipinski definition) is 2. The number of aromatic nitrogens is 1. The average molecular weight is 652 g/mol. The summed E-state index contributed by atoms with van der Waals surface area (Å²) in [5, 5.41) is 13.1. The monoisotopic (exact) mass is 651 g/mol. The fourth-order valence-corrected chi connectivity index (χ4v) is 5.53. The number of aliphatic hydroxyl groups is 1. The third-order valence-electron chi connectivity index (χ3n) is 8.17. The molecule has 3 heterocycles. The first-order valence-electron chi connectivity index (χ1n) is 15.5. The number of piperazine rings is 1. The number of likely N-dealkylation sites (tertiary alicyclic amines) is 1. The van der Waals surface area contributed by atoms with Crippen LogP contribution in [0.4, 0.5) is 13.2 Å². The van der Waals surface area contributed by atoms with E-state index in [9.17, 15) is 32.7 Å². The van der Waals surface area contributed by atoms with Crippen molar-refractivity contribution in [3.63, 3.8) is 0 Å². The maximum absolute atomic E-state index is 13.9. The van der Waals surface area contributed by atoms with Crippen molar-refractivity contribution in [2.24, 2.45) is 5.92 Å². The van der Waals surface area contributed by atoms with Crippen LogP contribution in [0.15, 0.2) is 28.8 Å². The van der Waals surface area contributed by atoms with Gasteiger partial charge in [-0.25, -0.2) is 4.98 Å². The highest BCUT2D eigenvalue weighted by molar-refractivity contribution is 6.00. The number of carbonyl (C=O) groups excluding carboxylic acids is 3. The molecule has 0 aliphatic carbocycles. The van der Waals surface area contributed by atoms with Gasteiger partial charge in [0.1, 0.15) is 23.6 Å². The Morgan fingerprint density at radius 2 is 1.80 bits per heavy atom. The summed E-state index contributed by atoms with van der Waals surface area (Å²) in [5.74, 6) is -1.32. The van der Waals surface area contributed by atoms with E-state index in [-0.39, 0.29) is 54.9 Å². The zero-order valence-electron chi connectivity index (χ0n) is 27.2. The Bertz CT molecular complexity index is 1400. The summed E-state index contributed by atoms with van der Waals surface area (Å²) in [4.78, 5) is 50.3. The summed E-state index contributed by atoms with van der Waals surface area (Å²) < 4.78 is 52.6. The highest BCUT2D eigenvalue weighted by Crippen LogP contribution is 2.33. The number of hydrogen-bond acceptors (Lipinski definition) is 8. The van der Waals surface area contributed by atoms with Crippen molar-refractivity contribution in [1.29, 1.82) is 0 Å². The van der Waals surface area contributed by atoms with Crippen molar-refractivity contribution < 1.29 is 41.8 Å². The maximum Gasteiger partial charge on any atom is 0.416 e. The Hall–Kier alpha value is -3.65. The predicted molar refractivity (Wildman–Crippen MR) is 162 cm³/mol. The van der Waals surface area contributed by atoms with Gasteiger partial charge in [-0.3, -0.25) is 14.4 Å². The first-order chi connectivity index (χ1) is 21.4. The van der Waals surface area contributed by atoms with Crippen LogP contribution < -0.4 is 10.1 Å². The molecule has 4 rings (SSSR count). The van der Waals surface area contributed by atoms with E-state index in [0.29, 0.717) is 38.0 Å². The molecule has 2 aliphatic heterocycles. The summed E-state index contributed by atoms with van der Waals surface area (Å²) >= 11 is 0. The fourth-order valence-electron chi connectivity index (χ4n) is 5.53. The van der Waals surface area contributed by atoms with E-state index in [1.807, 2.05) is 41.7 Å². The molecule has 0 spiro atoms. The van der Waals surface area contributed by atoms with Crippen molar-refractivity contribution in [3.8, 4) is 5.75 Å². The van der Waals surface area contributed by atoms with E-state index in [0.717, 1.165) is 12.1 Å². The van der Waals surface area contributed by atoms with Crippen LogP contribution in [-0.4, -0.2) is 100 Å². The number of β-amino-alcohol motifs (C(OH)–C–C–N with tert-alkyl or cyclic N) is 1. The molecule has 2 N–H and O–H groups in total. The molecule has 2 saturated heterocycles. The Morgan fingerprint density at radius 1 is 1.13 bits per heavy atom. The third-order valence-corrected chi connectivity index (χ3v) is 8.17. The second-order valence-corrected chi connectivity index (χ2v) is 13.5. The number of oxazole rings is 1. The highest BCUT2D eigenvalue weighted by Gasteiger charge is 2.43. The molecular weight excluding hydrogens is 607 g/mol. The van der Waals surface area contributed by atoms with Crippen LogP contribution >= 0.6 is 0 Å². The van der Waals surface area contributed by atoms with Gasteiger partial charge in [0, 0.05) is 44.6 Å². The van der Waals surface area contributed by atoms with Gasteiger partial charge in [-0.05, 0) is 37.6 Å². The number of nitrogens with zero attached hydrogens (tertiary/aromatic N) is 4. The lowest BCUT2D eigenvalue weighted by atomic mass is 9.94. The number of ether oxygens (including phenoxy) is 1. The second kappa shape index (κ2) is 14.0. The molecule has 3 amide bonds. The van der Waals surface area contributed by atoms with Gasteiger partial charge >= 0.3 is 6.18 Å². The fraction of sp³-hybridized carbons (Fsp3) is 0.625. The van der Waals surface area contributed by atoms with Crippen molar-refractivity contribution in [3.05, 3.63) is 47.2 Å². The molecule has 0 bridgehead atoms. The number of carbonyl (C=O) groups is 3. The molecule has 11 nitrogen and oxygen atoms in total. The summed E-state index contributed by atoms with van der Waals surface area (Å²) in [7, 11) is 1.95. The van der Waals surface area contributed by atoms with E-state index < -0.39 is 47.3 Å². The standard InChI is InChI=1S/C32H44F3N5O6/c1-19(2)13-23(29(43)40-17-21(41)15-24(40)30(44)39-11-9-38(6)10-12-39)37-28(42)22-14-20(32(33,34)35)7-8-25(22)45-18-27-36-16-26(46-27)31(3,4)5/h7-8,14,16,19,21,23-24,41H,9-13,15,17-18H2,1-6H3,(H,37,42)/t21-,23+,24+/m0/s1. The summed E-state index contributed by atoms with van der Waals surface area (Å²) in [5.41, 5.74) is -1.82. The quantitative estimate of drug-likeness (QED) is 0.422. The van der Waals surface area contributed by atoms with Crippen LogP contribution in [0.1, 0.15) is 75.0 Å². The van der Waals surface area contributed by atoms with E-state index in [1.165, 1.54) is 11.1 Å². The number of halogens is 3. The van der Waals surface area contributed by atoms with Crippen LogP contribution in [0.25, 0.3) is 0 Å². The van der Waals surface area contributed by atoms with Gasteiger partial charge < -0.3 is 34.3 Å². The second-order valence-electron chi connectivity index (χ2n) is 13.5. The molecule has 1 aromatic carbocycles. The SMILES string of the molecule is CC(C)C[C@@H](NC(=O)c1cc(C(F)(F)F)ccc1OCc1ncc(C(C)(C)C)o1)C(=O)N1C[C@@H](O)C[C@@H]1C(=O)N1CCN(C)CC1. The molecule has 0 unspecified atom stereocenters. The van der Waals surface area contributed by atoms with E-state index >= 15 is 0 Å². The number of amides is 3. The zero-order chi connectivity index (χ0) is 34.0. The topological polar surface area (TPSA) is 128 Å². The Morgan fingerprint density at radius 3 is 2.39 bits per heavy atom. The van der Waals surface area contributed by atoms with Crippen LogP contribution in [0.3, 0.4) is 0 Å². The number of rotatable bonds is 9. The minimum Gasteiger partial charge on any atom is -0.483 e. The van der Waals surface area contributed by atoms with Gasteiger partial charge in [-0.2, -0.15) is 13.2 Å². The van der Waals surface area contributed by atoms with Crippen LogP contribution in [0, 0.1) is 5.92 Å². The highest BCUT2D eigenvalue weighted by atomic mass is 19.4. The Balaban J connectivity index is 1.57. The lowest BCUT2D eigenvalue weighted by Gasteiger charge is -2.36. The number of nitrogens with one attached hydrogen (secondary N) is 1. The molecule has 2 aliphatic rings. The first-order valence-corrected chi connectivity index (χ1v) is 15.5. The van der Waals surface area contributed by atoms with Gasteiger partial charge in [-0.1, -0.05) is 34.6 Å². The smallest absolute Gasteiger partial charge is 0.416 e.